The first-order valence-electron chi connectivity index (χ1n) is 7.01. The number of rotatable bonds is 5. The van der Waals surface area contributed by atoms with Gasteiger partial charge in [0.25, 0.3) is 0 Å². The molecule has 1 aromatic heterocycles. The highest BCUT2D eigenvalue weighted by Crippen LogP contribution is 2.22. The molecule has 1 unspecified atom stereocenters. The molecule has 2 aromatic rings. The summed E-state index contributed by atoms with van der Waals surface area (Å²) in [5, 5.41) is 3.30. The van der Waals surface area contributed by atoms with Crippen molar-refractivity contribution < 1.29 is 4.39 Å². The van der Waals surface area contributed by atoms with Crippen LogP contribution in [0, 0.1) is 12.7 Å². The molecule has 0 saturated heterocycles. The number of hydrogen-bond donors (Lipinski definition) is 1. The Kier molecular flexibility index (Phi) is 4.85. The van der Waals surface area contributed by atoms with E-state index in [1.807, 2.05) is 32.3 Å². The lowest BCUT2D eigenvalue weighted by Crippen LogP contribution is -2.22. The van der Waals surface area contributed by atoms with Crippen LogP contribution in [0.15, 0.2) is 36.5 Å². The summed E-state index contributed by atoms with van der Waals surface area (Å²) < 4.78 is 13.4. The van der Waals surface area contributed by atoms with Crippen LogP contribution in [-0.2, 0) is 12.8 Å². The first-order valence-corrected chi connectivity index (χ1v) is 7.01. The van der Waals surface area contributed by atoms with Gasteiger partial charge in [0.2, 0.25) is 0 Å². The zero-order chi connectivity index (χ0) is 14.5. The normalized spacial score (nSPS) is 12.4. The van der Waals surface area contributed by atoms with Crippen molar-refractivity contribution in [1.29, 1.82) is 0 Å². The minimum Gasteiger partial charge on any atom is -0.311 e. The Morgan fingerprint density at radius 1 is 1.25 bits per heavy atom. The van der Waals surface area contributed by atoms with Crippen LogP contribution in [0.25, 0.3) is 0 Å². The SMILES string of the molecule is CCc1cccnc1C(Cc1cc(F)ccc1C)NC. The number of nitrogens with one attached hydrogen (secondary N) is 1. The molecule has 0 aliphatic rings. The Morgan fingerprint density at radius 2 is 2.05 bits per heavy atom. The molecule has 1 atom stereocenters. The molecule has 1 aromatic carbocycles. The smallest absolute Gasteiger partial charge is 0.123 e. The highest BCUT2D eigenvalue weighted by Gasteiger charge is 2.16. The van der Waals surface area contributed by atoms with Crippen molar-refractivity contribution in [1.82, 2.24) is 10.3 Å². The third-order valence-corrected chi connectivity index (χ3v) is 3.72. The molecule has 2 nitrogen and oxygen atoms in total. The molecule has 0 radical (unpaired) electrons. The van der Waals surface area contributed by atoms with Gasteiger partial charge >= 0.3 is 0 Å². The summed E-state index contributed by atoms with van der Waals surface area (Å²) >= 11 is 0. The predicted octanol–water partition coefficient (Wildman–Crippen LogP) is 3.59. The third kappa shape index (κ3) is 3.23. The van der Waals surface area contributed by atoms with Crippen molar-refractivity contribution in [2.24, 2.45) is 0 Å². The lowest BCUT2D eigenvalue weighted by Gasteiger charge is -2.19. The van der Waals surface area contributed by atoms with Gasteiger partial charge in [-0.3, -0.25) is 4.98 Å². The van der Waals surface area contributed by atoms with Crippen LogP contribution in [-0.4, -0.2) is 12.0 Å². The lowest BCUT2D eigenvalue weighted by atomic mass is 9.96. The van der Waals surface area contributed by atoms with E-state index in [1.54, 1.807) is 6.07 Å². The van der Waals surface area contributed by atoms with E-state index in [2.05, 4.69) is 23.3 Å². The van der Waals surface area contributed by atoms with Gasteiger partial charge in [-0.1, -0.05) is 19.1 Å². The Labute approximate surface area is 120 Å². The van der Waals surface area contributed by atoms with Gasteiger partial charge in [-0.25, -0.2) is 4.39 Å². The second-order valence-electron chi connectivity index (χ2n) is 5.02. The number of nitrogens with zero attached hydrogens (tertiary/aromatic N) is 1. The zero-order valence-electron chi connectivity index (χ0n) is 12.3. The Hall–Kier alpha value is -1.74. The molecule has 20 heavy (non-hydrogen) atoms. The summed E-state index contributed by atoms with van der Waals surface area (Å²) in [7, 11) is 1.92. The van der Waals surface area contributed by atoms with Crippen molar-refractivity contribution in [2.75, 3.05) is 7.05 Å². The van der Waals surface area contributed by atoms with Crippen LogP contribution in [0.2, 0.25) is 0 Å². The summed E-state index contributed by atoms with van der Waals surface area (Å²) in [6, 6.07) is 9.12. The number of aryl methyl sites for hydroxylation is 2. The number of benzene rings is 1. The second-order valence-corrected chi connectivity index (χ2v) is 5.02. The minimum absolute atomic E-state index is 0.103. The Morgan fingerprint density at radius 3 is 2.75 bits per heavy atom. The number of likely N-dealkylation sites (N-methyl/N-ethyl adjacent to an activating group) is 1. The summed E-state index contributed by atoms with van der Waals surface area (Å²) in [6.45, 7) is 4.14. The summed E-state index contributed by atoms with van der Waals surface area (Å²) in [4.78, 5) is 4.51. The van der Waals surface area contributed by atoms with E-state index in [4.69, 9.17) is 0 Å². The Balaban J connectivity index is 2.31. The molecular weight excluding hydrogens is 251 g/mol. The fraction of sp³-hybridized carbons (Fsp3) is 0.353. The molecule has 0 saturated carbocycles. The van der Waals surface area contributed by atoms with Gasteiger partial charge in [0.05, 0.1) is 11.7 Å². The maximum absolute atomic E-state index is 13.4. The predicted molar refractivity (Wildman–Crippen MR) is 80.3 cm³/mol. The molecule has 0 amide bonds. The molecule has 1 N–H and O–H groups in total. The highest BCUT2D eigenvalue weighted by molar-refractivity contribution is 5.30. The van der Waals surface area contributed by atoms with E-state index in [1.165, 1.54) is 11.6 Å². The van der Waals surface area contributed by atoms with Crippen LogP contribution >= 0.6 is 0 Å². The Bertz CT molecular complexity index is 581. The van der Waals surface area contributed by atoms with Crippen LogP contribution in [0.5, 0.6) is 0 Å². The zero-order valence-corrected chi connectivity index (χ0v) is 12.3. The second kappa shape index (κ2) is 6.62. The third-order valence-electron chi connectivity index (χ3n) is 3.72. The van der Waals surface area contributed by atoms with E-state index in [9.17, 15) is 4.39 Å². The monoisotopic (exact) mass is 272 g/mol. The first kappa shape index (κ1) is 14.7. The lowest BCUT2D eigenvalue weighted by molar-refractivity contribution is 0.563. The molecule has 0 fully saturated rings. The van der Waals surface area contributed by atoms with Gasteiger partial charge in [-0.2, -0.15) is 0 Å². The first-order chi connectivity index (χ1) is 9.65. The van der Waals surface area contributed by atoms with Crippen LogP contribution < -0.4 is 5.32 Å². The molecule has 0 bridgehead atoms. The number of pyridine rings is 1. The van der Waals surface area contributed by atoms with Crippen molar-refractivity contribution in [2.45, 2.75) is 32.7 Å². The van der Waals surface area contributed by atoms with Crippen LogP contribution in [0.1, 0.15) is 35.3 Å². The van der Waals surface area contributed by atoms with Gasteiger partial charge in [-0.05, 0) is 61.7 Å². The average molecular weight is 272 g/mol. The van der Waals surface area contributed by atoms with E-state index in [0.717, 1.165) is 29.7 Å². The van der Waals surface area contributed by atoms with Crippen molar-refractivity contribution in [3.8, 4) is 0 Å². The van der Waals surface area contributed by atoms with E-state index in [-0.39, 0.29) is 11.9 Å². The fourth-order valence-electron chi connectivity index (χ4n) is 2.48. The molecule has 0 aliphatic carbocycles. The summed E-state index contributed by atoms with van der Waals surface area (Å²) in [5.74, 6) is -0.183. The molecular formula is C17H21FN2. The number of halogens is 1. The molecule has 0 spiro atoms. The summed E-state index contributed by atoms with van der Waals surface area (Å²) in [5.41, 5.74) is 4.43. The number of hydrogen-bond acceptors (Lipinski definition) is 2. The van der Waals surface area contributed by atoms with Crippen LogP contribution in [0.3, 0.4) is 0 Å². The molecule has 0 aliphatic heterocycles. The van der Waals surface area contributed by atoms with Gasteiger partial charge < -0.3 is 5.32 Å². The van der Waals surface area contributed by atoms with E-state index < -0.39 is 0 Å². The van der Waals surface area contributed by atoms with Gasteiger partial charge in [0.15, 0.2) is 0 Å². The van der Waals surface area contributed by atoms with Gasteiger partial charge in [-0.15, -0.1) is 0 Å². The van der Waals surface area contributed by atoms with E-state index >= 15 is 0 Å². The summed E-state index contributed by atoms with van der Waals surface area (Å²) in [6.07, 6.45) is 3.50. The average Bonchev–Trinajstić information content (AvgIpc) is 2.48. The largest absolute Gasteiger partial charge is 0.311 e. The van der Waals surface area contributed by atoms with Gasteiger partial charge in [0, 0.05) is 6.20 Å². The molecule has 106 valence electrons. The fourth-order valence-corrected chi connectivity index (χ4v) is 2.48. The van der Waals surface area contributed by atoms with Crippen LogP contribution in [0.4, 0.5) is 4.39 Å². The maximum atomic E-state index is 13.4. The molecule has 3 heteroatoms. The highest BCUT2D eigenvalue weighted by atomic mass is 19.1. The topological polar surface area (TPSA) is 24.9 Å². The molecule has 2 rings (SSSR count). The van der Waals surface area contributed by atoms with Gasteiger partial charge in [0.1, 0.15) is 5.82 Å². The quantitative estimate of drug-likeness (QED) is 0.899. The van der Waals surface area contributed by atoms with E-state index in [0.29, 0.717) is 0 Å². The maximum Gasteiger partial charge on any atom is 0.123 e. The molecule has 1 heterocycles. The standard InChI is InChI=1S/C17H21FN2/c1-4-13-6-5-9-20-17(13)16(19-3)11-14-10-15(18)8-7-12(14)2/h5-10,16,19H,4,11H2,1-3H3. The van der Waals surface area contributed by atoms with Crippen molar-refractivity contribution >= 4 is 0 Å². The minimum atomic E-state index is -0.183. The van der Waals surface area contributed by atoms with Crippen molar-refractivity contribution in [3.63, 3.8) is 0 Å². The number of aromatic nitrogens is 1. The van der Waals surface area contributed by atoms with Crippen molar-refractivity contribution in [3.05, 3.63) is 64.7 Å².